The molecule has 3 nitrogen and oxygen atoms in total. The number of benzene rings is 2. The maximum absolute atomic E-state index is 11.0. The van der Waals surface area contributed by atoms with Crippen LogP contribution in [0.3, 0.4) is 0 Å². The maximum Gasteiger partial charge on any atom is 0.335 e. The number of dihydropyridines is 1. The Morgan fingerprint density at radius 2 is 1.78 bits per heavy atom. The Labute approximate surface area is 139 Å². The molecule has 2 aromatic carbocycles. The first-order chi connectivity index (χ1) is 10.7. The molecule has 1 N–H and O–H groups in total. The summed E-state index contributed by atoms with van der Waals surface area (Å²) in [7, 11) is 0. The van der Waals surface area contributed by atoms with E-state index in [1.807, 2.05) is 36.6 Å². The smallest absolute Gasteiger partial charge is 0.335 e. The van der Waals surface area contributed by atoms with E-state index in [4.69, 9.17) is 5.11 Å². The third-order valence-corrected chi connectivity index (χ3v) is 4.11. The Balaban J connectivity index is 0.00000156. The van der Waals surface area contributed by atoms with Crippen LogP contribution in [0.1, 0.15) is 22.0 Å². The summed E-state index contributed by atoms with van der Waals surface area (Å²) in [6, 6.07) is 15.2. The summed E-state index contributed by atoms with van der Waals surface area (Å²) >= 11 is 0. The Bertz CT molecular complexity index is 956. The first kappa shape index (κ1) is 15.3. The number of aliphatic imine (C=N–C) groups is 1. The molecule has 0 radical (unpaired) electrons. The van der Waals surface area contributed by atoms with Crippen molar-refractivity contribution in [3.63, 3.8) is 0 Å². The number of nitrogens with zero attached hydrogens (tertiary/aromatic N) is 1. The molecule has 0 amide bonds. The van der Waals surface area contributed by atoms with Gasteiger partial charge in [0.1, 0.15) is 6.04 Å². The predicted octanol–water partition coefficient (Wildman–Crippen LogP) is 2.50. The van der Waals surface area contributed by atoms with Gasteiger partial charge in [-0.1, -0.05) is 36.4 Å². The minimum Gasteiger partial charge on any atom is -0.478 e. The van der Waals surface area contributed by atoms with Crippen LogP contribution in [0.25, 0.3) is 11.6 Å². The van der Waals surface area contributed by atoms with Crippen molar-refractivity contribution >= 4 is 36.2 Å². The Morgan fingerprint density at radius 1 is 1.04 bits per heavy atom. The molecular formula is C19H14ClNO2. The molecule has 1 unspecified atom stereocenters. The molecule has 4 heteroatoms. The molecule has 1 heterocycles. The van der Waals surface area contributed by atoms with Crippen LogP contribution in [0.4, 0.5) is 0 Å². The first-order valence-electron chi connectivity index (χ1n) is 7.12. The van der Waals surface area contributed by atoms with Crippen LogP contribution < -0.4 is 10.4 Å². The molecule has 0 fully saturated rings. The van der Waals surface area contributed by atoms with Crippen molar-refractivity contribution in [1.82, 2.24) is 0 Å². The lowest BCUT2D eigenvalue weighted by atomic mass is 9.91. The molecular weight excluding hydrogens is 310 g/mol. The van der Waals surface area contributed by atoms with Gasteiger partial charge in [0.05, 0.1) is 5.56 Å². The number of hydrogen-bond donors (Lipinski definition) is 1. The number of allylic oxidation sites excluding steroid dienone is 1. The highest BCUT2D eigenvalue weighted by atomic mass is 35.5. The number of carbonyl (C=O) groups is 1. The third kappa shape index (κ3) is 2.49. The average molecular weight is 324 g/mol. The molecule has 0 aromatic heterocycles. The van der Waals surface area contributed by atoms with Crippen LogP contribution >= 0.6 is 12.4 Å². The lowest BCUT2D eigenvalue weighted by Gasteiger charge is -2.19. The molecule has 1 aliphatic carbocycles. The zero-order valence-corrected chi connectivity index (χ0v) is 13.0. The fourth-order valence-corrected chi connectivity index (χ4v) is 3.06. The maximum atomic E-state index is 11.0. The summed E-state index contributed by atoms with van der Waals surface area (Å²) in [5.74, 6) is -0.911. The molecule has 2 aliphatic rings. The molecule has 1 aliphatic heterocycles. The number of carboxylic acids is 1. The molecule has 23 heavy (non-hydrogen) atoms. The van der Waals surface area contributed by atoms with Gasteiger partial charge in [-0.3, -0.25) is 4.99 Å². The van der Waals surface area contributed by atoms with Crippen molar-refractivity contribution in [2.45, 2.75) is 6.04 Å². The van der Waals surface area contributed by atoms with Gasteiger partial charge in [0.15, 0.2) is 0 Å². The standard InChI is InChI=1S/C19H13NO2.ClH/c21-19(22)13-7-5-12(6-8-13)18-17-15(9-10-20-18)11-14-3-1-2-4-16(14)17;/h1-11,18H,(H,21,22);1H. The van der Waals surface area contributed by atoms with Gasteiger partial charge in [-0.2, -0.15) is 0 Å². The van der Waals surface area contributed by atoms with Crippen LogP contribution in [-0.4, -0.2) is 17.3 Å². The molecule has 2 aromatic rings. The van der Waals surface area contributed by atoms with Crippen LogP contribution in [0.5, 0.6) is 0 Å². The summed E-state index contributed by atoms with van der Waals surface area (Å²) in [6.07, 6.45) is 6.03. The second-order valence-electron chi connectivity index (χ2n) is 5.40. The van der Waals surface area contributed by atoms with Crippen LogP contribution in [0.2, 0.25) is 0 Å². The summed E-state index contributed by atoms with van der Waals surface area (Å²) < 4.78 is 0. The van der Waals surface area contributed by atoms with Crippen molar-refractivity contribution in [1.29, 1.82) is 0 Å². The van der Waals surface area contributed by atoms with Gasteiger partial charge in [-0.05, 0) is 51.4 Å². The Hall–Kier alpha value is -2.65. The van der Waals surface area contributed by atoms with E-state index >= 15 is 0 Å². The van der Waals surface area contributed by atoms with Crippen LogP contribution in [0, 0.1) is 0 Å². The van der Waals surface area contributed by atoms with Crippen molar-refractivity contribution in [3.05, 3.63) is 81.7 Å². The SMILES string of the molecule is Cl.O=C(O)c1ccc(C2N=CC=C3C=c4ccccc4=C32)cc1. The van der Waals surface area contributed by atoms with E-state index in [2.05, 4.69) is 23.2 Å². The zero-order chi connectivity index (χ0) is 15.1. The fourth-order valence-electron chi connectivity index (χ4n) is 3.06. The second-order valence-corrected chi connectivity index (χ2v) is 5.40. The molecule has 4 rings (SSSR count). The lowest BCUT2D eigenvalue weighted by Crippen LogP contribution is -2.23. The van der Waals surface area contributed by atoms with Gasteiger partial charge in [0.2, 0.25) is 0 Å². The highest BCUT2D eigenvalue weighted by Crippen LogP contribution is 2.35. The normalized spacial score (nSPS) is 17.5. The van der Waals surface area contributed by atoms with Gasteiger partial charge in [0.25, 0.3) is 0 Å². The molecule has 1 atom stereocenters. The number of halogens is 1. The fraction of sp³-hybridized carbons (Fsp3) is 0.0526. The molecule has 0 saturated carbocycles. The van der Waals surface area contributed by atoms with Gasteiger partial charge in [0, 0.05) is 6.21 Å². The van der Waals surface area contributed by atoms with E-state index < -0.39 is 5.97 Å². The number of rotatable bonds is 2. The number of aromatic carboxylic acids is 1. The monoisotopic (exact) mass is 323 g/mol. The van der Waals surface area contributed by atoms with Crippen LogP contribution in [0.15, 0.2) is 65.2 Å². The van der Waals surface area contributed by atoms with E-state index in [0.717, 1.165) is 5.56 Å². The predicted molar refractivity (Wildman–Crippen MR) is 93.5 cm³/mol. The minimum absolute atomic E-state index is 0. The van der Waals surface area contributed by atoms with E-state index in [1.54, 1.807) is 12.1 Å². The Morgan fingerprint density at radius 3 is 2.52 bits per heavy atom. The summed E-state index contributed by atoms with van der Waals surface area (Å²) in [5, 5.41) is 11.4. The molecule has 0 saturated heterocycles. The molecule has 0 bridgehead atoms. The average Bonchev–Trinajstić information content (AvgIpc) is 2.93. The van der Waals surface area contributed by atoms with Crippen molar-refractivity contribution in [2.24, 2.45) is 4.99 Å². The number of fused-ring (bicyclic) bond motifs is 2. The highest BCUT2D eigenvalue weighted by molar-refractivity contribution is 5.95. The van der Waals surface area contributed by atoms with Crippen LogP contribution in [-0.2, 0) is 0 Å². The number of carboxylic acid groups (broad SMARTS) is 1. The van der Waals surface area contributed by atoms with Gasteiger partial charge in [-0.15, -0.1) is 12.4 Å². The largest absolute Gasteiger partial charge is 0.478 e. The van der Waals surface area contributed by atoms with Gasteiger partial charge < -0.3 is 5.11 Å². The first-order valence-corrected chi connectivity index (χ1v) is 7.12. The Kier molecular flexibility index (Phi) is 3.89. The zero-order valence-electron chi connectivity index (χ0n) is 12.1. The van der Waals surface area contributed by atoms with E-state index in [0.29, 0.717) is 5.56 Å². The number of hydrogen-bond acceptors (Lipinski definition) is 2. The van der Waals surface area contributed by atoms with E-state index in [-0.39, 0.29) is 18.4 Å². The molecule has 114 valence electrons. The molecule has 0 spiro atoms. The van der Waals surface area contributed by atoms with Crippen molar-refractivity contribution < 1.29 is 9.90 Å². The summed E-state index contributed by atoms with van der Waals surface area (Å²) in [6.45, 7) is 0. The van der Waals surface area contributed by atoms with Crippen molar-refractivity contribution in [2.75, 3.05) is 0 Å². The van der Waals surface area contributed by atoms with E-state index in [1.165, 1.54) is 21.6 Å². The van der Waals surface area contributed by atoms with Gasteiger partial charge >= 0.3 is 5.97 Å². The minimum atomic E-state index is -0.911. The summed E-state index contributed by atoms with van der Waals surface area (Å²) in [4.78, 5) is 15.6. The highest BCUT2D eigenvalue weighted by Gasteiger charge is 2.23. The third-order valence-electron chi connectivity index (χ3n) is 4.11. The lowest BCUT2D eigenvalue weighted by molar-refractivity contribution is 0.0697. The van der Waals surface area contributed by atoms with E-state index in [9.17, 15) is 4.79 Å². The topological polar surface area (TPSA) is 49.7 Å². The quantitative estimate of drug-likeness (QED) is 0.923. The van der Waals surface area contributed by atoms with Gasteiger partial charge in [-0.25, -0.2) is 4.79 Å². The summed E-state index contributed by atoms with van der Waals surface area (Å²) in [5.41, 5.74) is 3.68. The second kappa shape index (κ2) is 5.86. The van der Waals surface area contributed by atoms with Crippen molar-refractivity contribution in [3.8, 4) is 0 Å².